The quantitative estimate of drug-likeness (QED) is 0.231. The Morgan fingerprint density at radius 3 is 2.55 bits per heavy atom. The van der Waals surface area contributed by atoms with Crippen molar-refractivity contribution in [1.82, 2.24) is 5.01 Å². The molecule has 2 heterocycles. The van der Waals surface area contributed by atoms with E-state index in [1.807, 2.05) is 29.3 Å². The zero-order chi connectivity index (χ0) is 22.5. The molecule has 0 unspecified atom stereocenters. The van der Waals surface area contributed by atoms with E-state index in [1.54, 1.807) is 12.1 Å². The predicted octanol–water partition coefficient (Wildman–Crippen LogP) is 6.75. The molecule has 0 radical (unpaired) electrons. The fraction of sp³-hybridized carbons (Fsp3) is 0.115. The summed E-state index contributed by atoms with van der Waals surface area (Å²) in [4.78, 5) is 10.7. The molecule has 33 heavy (non-hydrogen) atoms. The van der Waals surface area contributed by atoms with Crippen LogP contribution in [0, 0.1) is 10.1 Å². The van der Waals surface area contributed by atoms with E-state index >= 15 is 0 Å². The second-order valence-corrected chi connectivity index (χ2v) is 9.13. The average Bonchev–Trinajstić information content (AvgIpc) is 3.29. The van der Waals surface area contributed by atoms with Crippen LogP contribution in [-0.2, 0) is 0 Å². The normalized spacial score (nSPS) is 18.9. The summed E-state index contributed by atoms with van der Waals surface area (Å²) in [7, 11) is 0. The van der Waals surface area contributed by atoms with Crippen molar-refractivity contribution in [3.05, 3.63) is 116 Å². The van der Waals surface area contributed by atoms with Gasteiger partial charge in [-0.3, -0.25) is 10.1 Å². The van der Waals surface area contributed by atoms with Gasteiger partial charge in [-0.15, -0.1) is 0 Å². The highest BCUT2D eigenvalue weighted by molar-refractivity contribution is 9.10. The Balaban J connectivity index is 1.43. The molecule has 2 aliphatic rings. The van der Waals surface area contributed by atoms with E-state index in [1.165, 1.54) is 22.9 Å². The van der Waals surface area contributed by atoms with Crippen LogP contribution in [0.1, 0.15) is 35.4 Å². The van der Waals surface area contributed by atoms with Crippen LogP contribution in [0.15, 0.2) is 94.5 Å². The number of benzene rings is 4. The van der Waals surface area contributed by atoms with Crippen LogP contribution < -0.4 is 4.74 Å². The van der Waals surface area contributed by atoms with Gasteiger partial charge < -0.3 is 4.74 Å². The standard InChI is InChI=1S/C26H18BrN3O3/c27-20-9-12-25-22(14-20)24-15-23(19-6-5-16-3-1-2-4-18(16)13-19)28-29(24)26(33-25)17-7-10-21(11-8-17)30(31)32/h1-14,24,26H,15H2/t24-,26-/m1/s1. The summed E-state index contributed by atoms with van der Waals surface area (Å²) < 4.78 is 7.35. The Kier molecular flexibility index (Phi) is 4.66. The maximum Gasteiger partial charge on any atom is 0.269 e. The lowest BCUT2D eigenvalue weighted by atomic mass is 9.95. The van der Waals surface area contributed by atoms with Crippen LogP contribution in [0.25, 0.3) is 10.8 Å². The van der Waals surface area contributed by atoms with Crippen molar-refractivity contribution in [2.24, 2.45) is 5.10 Å². The van der Waals surface area contributed by atoms with Gasteiger partial charge in [-0.05, 0) is 52.7 Å². The van der Waals surface area contributed by atoms with Crippen LogP contribution in [0.3, 0.4) is 0 Å². The first kappa shape index (κ1) is 19.9. The Morgan fingerprint density at radius 2 is 1.76 bits per heavy atom. The maximum absolute atomic E-state index is 11.1. The van der Waals surface area contributed by atoms with E-state index in [2.05, 4.69) is 52.3 Å². The molecular formula is C26H18BrN3O3. The van der Waals surface area contributed by atoms with Gasteiger partial charge in [0.2, 0.25) is 6.23 Å². The van der Waals surface area contributed by atoms with Crippen LogP contribution >= 0.6 is 15.9 Å². The molecule has 0 saturated carbocycles. The van der Waals surface area contributed by atoms with Crippen molar-refractivity contribution in [2.45, 2.75) is 18.7 Å². The van der Waals surface area contributed by atoms with Gasteiger partial charge in [0.1, 0.15) is 5.75 Å². The number of nitro benzene ring substituents is 1. The van der Waals surface area contributed by atoms with E-state index in [0.29, 0.717) is 0 Å². The van der Waals surface area contributed by atoms with Crippen molar-refractivity contribution >= 4 is 38.1 Å². The van der Waals surface area contributed by atoms with Gasteiger partial charge in [0.25, 0.3) is 5.69 Å². The molecule has 0 spiro atoms. The topological polar surface area (TPSA) is 68.0 Å². The lowest BCUT2D eigenvalue weighted by Crippen LogP contribution is -2.33. The molecule has 4 aromatic carbocycles. The van der Waals surface area contributed by atoms with Crippen molar-refractivity contribution < 1.29 is 9.66 Å². The number of nitrogens with zero attached hydrogens (tertiary/aromatic N) is 3. The van der Waals surface area contributed by atoms with E-state index < -0.39 is 11.2 Å². The number of hydrazone groups is 1. The summed E-state index contributed by atoms with van der Waals surface area (Å²) in [5.41, 5.74) is 4.03. The third-order valence-electron chi connectivity index (χ3n) is 6.22. The average molecular weight is 500 g/mol. The third-order valence-corrected chi connectivity index (χ3v) is 6.72. The molecule has 2 aliphatic heterocycles. The summed E-state index contributed by atoms with van der Waals surface area (Å²) in [5, 5.41) is 20.5. The maximum atomic E-state index is 11.1. The molecule has 0 saturated heterocycles. The van der Waals surface area contributed by atoms with Crippen molar-refractivity contribution in [2.75, 3.05) is 0 Å². The minimum Gasteiger partial charge on any atom is -0.464 e. The minimum atomic E-state index is -0.470. The molecule has 0 aromatic heterocycles. The van der Waals surface area contributed by atoms with Crippen molar-refractivity contribution in [3.63, 3.8) is 0 Å². The SMILES string of the molecule is O=[N+]([O-])c1ccc([C@H]2Oc3ccc(Br)cc3[C@H]3CC(c4ccc5ccccc5c4)=NN32)cc1. The summed E-state index contributed by atoms with van der Waals surface area (Å²) in [6, 6.07) is 27.2. The van der Waals surface area contributed by atoms with Crippen molar-refractivity contribution in [3.8, 4) is 5.75 Å². The molecule has 0 bridgehead atoms. The first-order valence-corrected chi connectivity index (χ1v) is 11.4. The number of ether oxygens (including phenoxy) is 1. The van der Waals surface area contributed by atoms with E-state index in [9.17, 15) is 10.1 Å². The van der Waals surface area contributed by atoms with E-state index in [0.717, 1.165) is 39.0 Å². The zero-order valence-corrected chi connectivity index (χ0v) is 19.0. The minimum absolute atomic E-state index is 0.00733. The number of hydrogen-bond donors (Lipinski definition) is 0. The number of rotatable bonds is 3. The molecular weight excluding hydrogens is 482 g/mol. The highest BCUT2D eigenvalue weighted by Crippen LogP contribution is 2.48. The van der Waals surface area contributed by atoms with Crippen LogP contribution in [0.2, 0.25) is 0 Å². The summed E-state index contributed by atoms with van der Waals surface area (Å²) >= 11 is 3.58. The molecule has 7 heteroatoms. The molecule has 0 fully saturated rings. The van der Waals surface area contributed by atoms with Gasteiger partial charge in [-0.2, -0.15) is 5.10 Å². The smallest absolute Gasteiger partial charge is 0.269 e. The monoisotopic (exact) mass is 499 g/mol. The van der Waals surface area contributed by atoms with Gasteiger partial charge in [0, 0.05) is 34.2 Å². The van der Waals surface area contributed by atoms with Gasteiger partial charge in [-0.1, -0.05) is 52.3 Å². The summed E-state index contributed by atoms with van der Waals surface area (Å²) in [6.45, 7) is 0. The second kappa shape index (κ2) is 7.71. The van der Waals surface area contributed by atoms with Gasteiger partial charge in [0.05, 0.1) is 16.7 Å². The van der Waals surface area contributed by atoms with E-state index in [4.69, 9.17) is 9.84 Å². The summed E-state index contributed by atoms with van der Waals surface area (Å²) in [5.74, 6) is 0.803. The largest absolute Gasteiger partial charge is 0.464 e. The molecule has 0 N–H and O–H groups in total. The van der Waals surface area contributed by atoms with Crippen LogP contribution in [-0.4, -0.2) is 15.6 Å². The second-order valence-electron chi connectivity index (χ2n) is 8.21. The number of nitro groups is 1. The molecule has 0 amide bonds. The lowest BCUT2D eigenvalue weighted by Gasteiger charge is -2.38. The van der Waals surface area contributed by atoms with Crippen molar-refractivity contribution in [1.29, 1.82) is 0 Å². The fourth-order valence-electron chi connectivity index (χ4n) is 4.58. The molecule has 0 aliphatic carbocycles. The van der Waals surface area contributed by atoms with Crippen LogP contribution in [0.4, 0.5) is 5.69 Å². The Bertz CT molecular complexity index is 1430. The first-order valence-electron chi connectivity index (χ1n) is 10.6. The highest BCUT2D eigenvalue weighted by atomic mass is 79.9. The molecule has 6 rings (SSSR count). The molecule has 6 nitrogen and oxygen atoms in total. The Morgan fingerprint density at radius 1 is 0.970 bits per heavy atom. The van der Waals surface area contributed by atoms with Gasteiger partial charge in [0.15, 0.2) is 0 Å². The number of fused-ring (bicyclic) bond motifs is 4. The molecule has 162 valence electrons. The van der Waals surface area contributed by atoms with E-state index in [-0.39, 0.29) is 11.7 Å². The number of non-ortho nitro benzene ring substituents is 1. The number of hydrogen-bond acceptors (Lipinski definition) is 5. The highest BCUT2D eigenvalue weighted by Gasteiger charge is 2.41. The van der Waals surface area contributed by atoms with Gasteiger partial charge in [-0.25, -0.2) is 5.01 Å². The Hall–Kier alpha value is -3.71. The molecule has 4 aromatic rings. The Labute approximate surface area is 198 Å². The summed E-state index contributed by atoms with van der Waals surface area (Å²) in [6.07, 6.45) is 0.275. The number of halogens is 1. The van der Waals surface area contributed by atoms with Crippen LogP contribution in [0.5, 0.6) is 5.75 Å². The zero-order valence-electron chi connectivity index (χ0n) is 17.4. The fourth-order valence-corrected chi connectivity index (χ4v) is 4.96. The lowest BCUT2D eigenvalue weighted by molar-refractivity contribution is -0.384. The molecule has 2 atom stereocenters. The first-order chi connectivity index (χ1) is 16.1. The third kappa shape index (κ3) is 3.45. The predicted molar refractivity (Wildman–Crippen MR) is 130 cm³/mol. The van der Waals surface area contributed by atoms with Gasteiger partial charge >= 0.3 is 0 Å².